The highest BCUT2D eigenvalue weighted by molar-refractivity contribution is 7.99. The second kappa shape index (κ2) is 6.45. The van der Waals surface area contributed by atoms with Crippen LogP contribution in [0.1, 0.15) is 26.0 Å². The van der Waals surface area contributed by atoms with E-state index in [1.54, 1.807) is 25.1 Å². The molecule has 0 amide bonds. The van der Waals surface area contributed by atoms with Gasteiger partial charge in [-0.25, -0.2) is 0 Å². The fourth-order valence-electron chi connectivity index (χ4n) is 1.69. The van der Waals surface area contributed by atoms with Gasteiger partial charge < -0.3 is 13.6 Å². The minimum Gasteiger partial charge on any atom is -0.469 e. The Morgan fingerprint density at radius 3 is 2.80 bits per heavy atom. The van der Waals surface area contributed by atoms with E-state index in [9.17, 15) is 0 Å². The number of aryl methyl sites for hydroxylation is 1. The fraction of sp³-hybridized carbons (Fsp3) is 0.571. The van der Waals surface area contributed by atoms with Gasteiger partial charge in [-0.15, -0.1) is 10.2 Å². The highest BCUT2D eigenvalue weighted by Gasteiger charge is 2.20. The van der Waals surface area contributed by atoms with E-state index in [2.05, 4.69) is 24.0 Å². The molecule has 2 aromatic rings. The minimum absolute atomic E-state index is 0.168. The SMILES string of the molecule is COCCC(C)(C)CSc1nnc(-c2ccoc2C)o1. The van der Waals surface area contributed by atoms with Crippen molar-refractivity contribution in [3.8, 4) is 11.5 Å². The van der Waals surface area contributed by atoms with E-state index in [1.165, 1.54) is 0 Å². The Kier molecular flexibility index (Phi) is 4.88. The number of hydrogen-bond acceptors (Lipinski definition) is 6. The van der Waals surface area contributed by atoms with Gasteiger partial charge in [-0.3, -0.25) is 0 Å². The van der Waals surface area contributed by atoms with E-state index in [0.29, 0.717) is 11.1 Å². The third-order valence-corrected chi connectivity index (χ3v) is 4.40. The smallest absolute Gasteiger partial charge is 0.276 e. The average molecular weight is 296 g/mol. The lowest BCUT2D eigenvalue weighted by Gasteiger charge is -2.22. The summed E-state index contributed by atoms with van der Waals surface area (Å²) in [7, 11) is 1.72. The van der Waals surface area contributed by atoms with Gasteiger partial charge >= 0.3 is 0 Å². The maximum absolute atomic E-state index is 5.66. The number of hydrogen-bond donors (Lipinski definition) is 0. The molecule has 0 aliphatic carbocycles. The van der Waals surface area contributed by atoms with E-state index in [0.717, 1.165) is 30.1 Å². The molecule has 0 spiro atoms. The normalized spacial score (nSPS) is 12.0. The van der Waals surface area contributed by atoms with Crippen LogP contribution in [0.15, 0.2) is 26.4 Å². The first kappa shape index (κ1) is 15.1. The summed E-state index contributed by atoms with van der Waals surface area (Å²) in [5.41, 5.74) is 1.02. The molecule has 0 aliphatic rings. The topological polar surface area (TPSA) is 61.3 Å². The van der Waals surface area contributed by atoms with Crippen molar-refractivity contribution in [2.75, 3.05) is 19.5 Å². The summed E-state index contributed by atoms with van der Waals surface area (Å²) in [4.78, 5) is 0. The van der Waals surface area contributed by atoms with Crippen molar-refractivity contribution in [3.05, 3.63) is 18.1 Å². The molecule has 0 fully saturated rings. The number of furan rings is 1. The van der Waals surface area contributed by atoms with E-state index in [1.807, 2.05) is 13.0 Å². The van der Waals surface area contributed by atoms with Crippen molar-refractivity contribution in [2.45, 2.75) is 32.4 Å². The van der Waals surface area contributed by atoms with Crippen LogP contribution in [0.3, 0.4) is 0 Å². The van der Waals surface area contributed by atoms with Crippen LogP contribution in [0.2, 0.25) is 0 Å². The number of rotatable bonds is 7. The van der Waals surface area contributed by atoms with E-state index >= 15 is 0 Å². The van der Waals surface area contributed by atoms with Crippen LogP contribution in [0, 0.1) is 12.3 Å². The summed E-state index contributed by atoms with van der Waals surface area (Å²) in [6.07, 6.45) is 2.62. The Balaban J connectivity index is 1.95. The minimum atomic E-state index is 0.168. The highest BCUT2D eigenvalue weighted by Crippen LogP contribution is 2.31. The number of nitrogens with zero attached hydrogens (tertiary/aromatic N) is 2. The Morgan fingerprint density at radius 2 is 2.15 bits per heavy atom. The predicted molar refractivity (Wildman–Crippen MR) is 77.7 cm³/mol. The molecule has 0 bridgehead atoms. The molecule has 0 aliphatic heterocycles. The highest BCUT2D eigenvalue weighted by atomic mass is 32.2. The molecule has 2 rings (SSSR count). The molecule has 0 aromatic carbocycles. The second-order valence-electron chi connectivity index (χ2n) is 5.46. The molecular weight excluding hydrogens is 276 g/mol. The van der Waals surface area contributed by atoms with Crippen LogP contribution >= 0.6 is 11.8 Å². The lowest BCUT2D eigenvalue weighted by molar-refractivity contribution is 0.161. The zero-order valence-corrected chi connectivity index (χ0v) is 13.1. The van der Waals surface area contributed by atoms with Crippen molar-refractivity contribution < 1.29 is 13.6 Å². The molecule has 0 saturated heterocycles. The molecule has 0 radical (unpaired) electrons. The van der Waals surface area contributed by atoms with Gasteiger partial charge in [0.1, 0.15) is 5.76 Å². The summed E-state index contributed by atoms with van der Waals surface area (Å²) in [6, 6.07) is 1.83. The maximum Gasteiger partial charge on any atom is 0.276 e. The van der Waals surface area contributed by atoms with Crippen LogP contribution in [0.4, 0.5) is 0 Å². The van der Waals surface area contributed by atoms with E-state index in [4.69, 9.17) is 13.6 Å². The van der Waals surface area contributed by atoms with Gasteiger partial charge in [-0.2, -0.15) is 0 Å². The Labute approximate surface area is 123 Å². The lowest BCUT2D eigenvalue weighted by Crippen LogP contribution is -2.17. The number of ether oxygens (including phenoxy) is 1. The molecule has 0 N–H and O–H groups in total. The molecular formula is C14H20N2O3S. The molecule has 6 heteroatoms. The third kappa shape index (κ3) is 3.86. The summed E-state index contributed by atoms with van der Waals surface area (Å²) in [5, 5.41) is 8.72. The van der Waals surface area contributed by atoms with E-state index < -0.39 is 0 Å². The Morgan fingerprint density at radius 1 is 1.35 bits per heavy atom. The molecule has 5 nitrogen and oxygen atoms in total. The monoisotopic (exact) mass is 296 g/mol. The molecule has 2 heterocycles. The van der Waals surface area contributed by atoms with Crippen LogP contribution in [0.5, 0.6) is 0 Å². The second-order valence-corrected chi connectivity index (χ2v) is 6.39. The molecule has 0 unspecified atom stereocenters. The van der Waals surface area contributed by atoms with Gasteiger partial charge in [0.2, 0.25) is 0 Å². The molecule has 110 valence electrons. The summed E-state index contributed by atoms with van der Waals surface area (Å²) in [5.74, 6) is 2.20. The van der Waals surface area contributed by atoms with Crippen molar-refractivity contribution in [1.82, 2.24) is 10.2 Å². The van der Waals surface area contributed by atoms with Gasteiger partial charge in [-0.05, 0) is 24.8 Å². The number of methoxy groups -OCH3 is 1. The van der Waals surface area contributed by atoms with Gasteiger partial charge in [0, 0.05) is 19.5 Å². The summed E-state index contributed by atoms with van der Waals surface area (Å²) in [6.45, 7) is 7.05. The standard InChI is InChI=1S/C14H20N2O3S/c1-10-11(5-7-18-10)12-15-16-13(19-12)20-9-14(2,3)6-8-17-4/h5,7H,6,8-9H2,1-4H3. The average Bonchev–Trinajstić information content (AvgIpc) is 3.02. The van der Waals surface area contributed by atoms with Crippen molar-refractivity contribution in [2.24, 2.45) is 5.41 Å². The van der Waals surface area contributed by atoms with Gasteiger partial charge in [-0.1, -0.05) is 25.6 Å². The van der Waals surface area contributed by atoms with Crippen molar-refractivity contribution in [3.63, 3.8) is 0 Å². The van der Waals surface area contributed by atoms with Gasteiger partial charge in [0.05, 0.1) is 11.8 Å². The first-order valence-corrected chi connectivity index (χ1v) is 7.50. The molecule has 20 heavy (non-hydrogen) atoms. The van der Waals surface area contributed by atoms with Crippen LogP contribution in [-0.4, -0.2) is 29.7 Å². The van der Waals surface area contributed by atoms with Gasteiger partial charge in [0.15, 0.2) is 0 Å². The predicted octanol–water partition coefficient (Wildman–Crippen LogP) is 3.79. The van der Waals surface area contributed by atoms with Gasteiger partial charge in [0.25, 0.3) is 11.1 Å². The molecule has 2 aromatic heterocycles. The first-order chi connectivity index (χ1) is 9.52. The number of thioether (sulfide) groups is 1. The largest absolute Gasteiger partial charge is 0.469 e. The van der Waals surface area contributed by atoms with Crippen LogP contribution in [-0.2, 0) is 4.74 Å². The Hall–Kier alpha value is -1.27. The van der Waals surface area contributed by atoms with Crippen molar-refractivity contribution >= 4 is 11.8 Å². The maximum atomic E-state index is 5.66. The quantitative estimate of drug-likeness (QED) is 0.724. The zero-order chi connectivity index (χ0) is 14.6. The van der Waals surface area contributed by atoms with Crippen molar-refractivity contribution in [1.29, 1.82) is 0 Å². The third-order valence-electron chi connectivity index (χ3n) is 3.07. The molecule has 0 saturated carbocycles. The molecule has 0 atom stereocenters. The first-order valence-electron chi connectivity index (χ1n) is 6.51. The van der Waals surface area contributed by atoms with Crippen LogP contribution in [0.25, 0.3) is 11.5 Å². The summed E-state index contributed by atoms with van der Waals surface area (Å²) >= 11 is 1.58. The fourth-order valence-corrected chi connectivity index (χ4v) is 2.59. The Bertz CT molecular complexity index is 548. The zero-order valence-electron chi connectivity index (χ0n) is 12.3. The van der Waals surface area contributed by atoms with E-state index in [-0.39, 0.29) is 5.41 Å². The summed E-state index contributed by atoms with van der Waals surface area (Å²) < 4.78 is 16.0. The lowest BCUT2D eigenvalue weighted by atomic mass is 9.92. The van der Waals surface area contributed by atoms with Crippen LogP contribution < -0.4 is 0 Å². The number of aromatic nitrogens is 2.